The standard InChI is InChI=1S/C29H46N2S/c1-23(2)12-8-13-24(3)14-9-15-25(4)16-10-17-26(5)20-21-32-22-28(7)31-29-19-11-18-27(6)30-29/h11-12,14,16,18-20,28H,8-10,13,15,17,21-22H2,1-7H3,(H,30,31)/b24-14+,25-16+,26-20+. The van der Waals surface area contributed by atoms with Gasteiger partial charge in [-0.3, -0.25) is 0 Å². The van der Waals surface area contributed by atoms with Crippen LogP contribution in [-0.4, -0.2) is 22.5 Å². The van der Waals surface area contributed by atoms with Crippen LogP contribution in [0.4, 0.5) is 5.82 Å². The molecule has 1 aromatic rings. The first kappa shape index (κ1) is 28.3. The van der Waals surface area contributed by atoms with Gasteiger partial charge in [-0.1, -0.05) is 52.7 Å². The highest BCUT2D eigenvalue weighted by atomic mass is 32.2. The molecule has 0 aliphatic heterocycles. The summed E-state index contributed by atoms with van der Waals surface area (Å²) in [6.07, 6.45) is 16.6. The van der Waals surface area contributed by atoms with Crippen molar-refractivity contribution >= 4 is 17.6 Å². The van der Waals surface area contributed by atoms with Crippen LogP contribution in [0.2, 0.25) is 0 Å². The number of aryl methyl sites for hydroxylation is 1. The molecular formula is C29H46N2S. The van der Waals surface area contributed by atoms with Crippen LogP contribution >= 0.6 is 11.8 Å². The molecule has 0 radical (unpaired) electrons. The third-order valence-corrected chi connectivity index (χ3v) is 6.49. The molecule has 0 aliphatic rings. The molecule has 0 saturated carbocycles. The first-order valence-corrected chi connectivity index (χ1v) is 13.3. The van der Waals surface area contributed by atoms with Crippen molar-refractivity contribution in [1.29, 1.82) is 0 Å². The van der Waals surface area contributed by atoms with E-state index in [0.717, 1.165) is 35.9 Å². The fourth-order valence-electron chi connectivity index (χ4n) is 3.35. The molecule has 3 heteroatoms. The van der Waals surface area contributed by atoms with E-state index in [1.165, 1.54) is 48.0 Å². The van der Waals surface area contributed by atoms with E-state index in [0.29, 0.717) is 6.04 Å². The van der Waals surface area contributed by atoms with E-state index in [2.05, 4.69) is 82.2 Å². The van der Waals surface area contributed by atoms with Crippen LogP contribution in [0.5, 0.6) is 0 Å². The summed E-state index contributed by atoms with van der Waals surface area (Å²) < 4.78 is 0. The highest BCUT2D eigenvalue weighted by molar-refractivity contribution is 7.99. The fourth-order valence-corrected chi connectivity index (χ4v) is 4.33. The predicted molar refractivity (Wildman–Crippen MR) is 148 cm³/mol. The van der Waals surface area contributed by atoms with Gasteiger partial charge in [-0.25, -0.2) is 4.98 Å². The number of nitrogens with one attached hydrogen (secondary N) is 1. The molecule has 32 heavy (non-hydrogen) atoms. The van der Waals surface area contributed by atoms with E-state index >= 15 is 0 Å². The lowest BCUT2D eigenvalue weighted by Crippen LogP contribution is -2.18. The molecule has 2 nitrogen and oxygen atoms in total. The molecule has 0 aromatic carbocycles. The number of allylic oxidation sites excluding steroid dienone is 7. The second-order valence-electron chi connectivity index (χ2n) is 9.30. The highest BCUT2D eigenvalue weighted by Gasteiger charge is 2.03. The highest BCUT2D eigenvalue weighted by Crippen LogP contribution is 2.15. The zero-order chi connectivity index (χ0) is 23.8. The number of hydrogen-bond donors (Lipinski definition) is 1. The summed E-state index contributed by atoms with van der Waals surface area (Å²) in [7, 11) is 0. The van der Waals surface area contributed by atoms with Gasteiger partial charge in [0.05, 0.1) is 0 Å². The van der Waals surface area contributed by atoms with E-state index in [1.807, 2.05) is 30.8 Å². The Morgan fingerprint density at radius 3 is 2.00 bits per heavy atom. The first-order chi connectivity index (χ1) is 15.3. The molecule has 1 heterocycles. The lowest BCUT2D eigenvalue weighted by molar-refractivity contribution is 0.897. The lowest BCUT2D eigenvalue weighted by Gasteiger charge is -2.14. The summed E-state index contributed by atoms with van der Waals surface area (Å²) in [6, 6.07) is 6.54. The molecule has 0 spiro atoms. The zero-order valence-electron chi connectivity index (χ0n) is 21.6. The van der Waals surface area contributed by atoms with E-state index < -0.39 is 0 Å². The average Bonchev–Trinajstić information content (AvgIpc) is 2.71. The number of anilines is 1. The molecule has 1 N–H and O–H groups in total. The molecule has 1 aromatic heterocycles. The van der Waals surface area contributed by atoms with Gasteiger partial charge in [0.2, 0.25) is 0 Å². The molecule has 1 rings (SSSR count). The van der Waals surface area contributed by atoms with E-state index in [4.69, 9.17) is 0 Å². The van der Waals surface area contributed by atoms with Crippen molar-refractivity contribution in [3.05, 3.63) is 70.5 Å². The van der Waals surface area contributed by atoms with Crippen molar-refractivity contribution in [2.75, 3.05) is 16.8 Å². The van der Waals surface area contributed by atoms with Crippen LogP contribution in [0.1, 0.15) is 85.8 Å². The number of nitrogens with zero attached hydrogens (tertiary/aromatic N) is 1. The van der Waals surface area contributed by atoms with Gasteiger partial charge in [0, 0.05) is 23.2 Å². The lowest BCUT2D eigenvalue weighted by atomic mass is 10.0. The second kappa shape index (κ2) is 16.8. The minimum Gasteiger partial charge on any atom is -0.367 e. The van der Waals surface area contributed by atoms with Gasteiger partial charge in [0.1, 0.15) is 5.82 Å². The van der Waals surface area contributed by atoms with Gasteiger partial charge >= 0.3 is 0 Å². The minimum absolute atomic E-state index is 0.415. The zero-order valence-corrected chi connectivity index (χ0v) is 22.4. The van der Waals surface area contributed by atoms with E-state index in [1.54, 1.807) is 0 Å². The molecular weight excluding hydrogens is 408 g/mol. The third-order valence-electron chi connectivity index (χ3n) is 5.35. The third kappa shape index (κ3) is 15.1. The monoisotopic (exact) mass is 454 g/mol. The largest absolute Gasteiger partial charge is 0.367 e. The summed E-state index contributed by atoms with van der Waals surface area (Å²) in [6.45, 7) is 15.4. The summed E-state index contributed by atoms with van der Waals surface area (Å²) in [5, 5.41) is 3.49. The van der Waals surface area contributed by atoms with Gasteiger partial charge in [-0.05, 0) is 99.1 Å². The SMILES string of the molecule is CC(C)=CCC/C(C)=C/CC/C(C)=C/CC/C(C)=C/CSCC(C)Nc1cccc(C)n1. The van der Waals surface area contributed by atoms with E-state index in [-0.39, 0.29) is 0 Å². The summed E-state index contributed by atoms with van der Waals surface area (Å²) in [4.78, 5) is 4.52. The Morgan fingerprint density at radius 1 is 0.875 bits per heavy atom. The van der Waals surface area contributed by atoms with Crippen molar-refractivity contribution in [3.63, 3.8) is 0 Å². The number of aromatic nitrogens is 1. The Morgan fingerprint density at radius 2 is 1.44 bits per heavy atom. The summed E-state index contributed by atoms with van der Waals surface area (Å²) >= 11 is 1.98. The normalized spacial score (nSPS) is 13.8. The van der Waals surface area contributed by atoms with Gasteiger partial charge in [-0.15, -0.1) is 0 Å². The quantitative estimate of drug-likeness (QED) is 0.211. The molecule has 0 fully saturated rings. The van der Waals surface area contributed by atoms with Crippen LogP contribution in [0.3, 0.4) is 0 Å². The Kier molecular flexibility index (Phi) is 14.9. The van der Waals surface area contributed by atoms with Crippen LogP contribution in [-0.2, 0) is 0 Å². The topological polar surface area (TPSA) is 24.9 Å². The average molecular weight is 455 g/mol. The molecule has 0 saturated heterocycles. The minimum atomic E-state index is 0.415. The fraction of sp³-hybridized carbons (Fsp3) is 0.552. The summed E-state index contributed by atoms with van der Waals surface area (Å²) in [5.41, 5.74) is 7.01. The van der Waals surface area contributed by atoms with E-state index in [9.17, 15) is 0 Å². The number of thioether (sulfide) groups is 1. The van der Waals surface area contributed by atoms with Crippen LogP contribution in [0.25, 0.3) is 0 Å². The van der Waals surface area contributed by atoms with Crippen molar-refractivity contribution in [1.82, 2.24) is 4.98 Å². The maximum absolute atomic E-state index is 4.52. The number of hydrogen-bond acceptors (Lipinski definition) is 3. The number of rotatable bonds is 15. The Labute approximate surface area is 202 Å². The van der Waals surface area contributed by atoms with Crippen LogP contribution < -0.4 is 5.32 Å². The van der Waals surface area contributed by atoms with Crippen molar-refractivity contribution in [2.24, 2.45) is 0 Å². The van der Waals surface area contributed by atoms with Crippen molar-refractivity contribution in [2.45, 2.75) is 93.0 Å². The molecule has 1 atom stereocenters. The molecule has 1 unspecified atom stereocenters. The van der Waals surface area contributed by atoms with Gasteiger partial charge in [-0.2, -0.15) is 11.8 Å². The summed E-state index contributed by atoms with van der Waals surface area (Å²) in [5.74, 6) is 3.14. The van der Waals surface area contributed by atoms with Crippen LogP contribution in [0, 0.1) is 6.92 Å². The maximum Gasteiger partial charge on any atom is 0.126 e. The predicted octanol–water partition coefficient (Wildman–Crippen LogP) is 9.07. The molecule has 178 valence electrons. The molecule has 0 amide bonds. The first-order valence-electron chi connectivity index (χ1n) is 12.1. The Bertz CT molecular complexity index is 782. The van der Waals surface area contributed by atoms with Crippen molar-refractivity contribution < 1.29 is 0 Å². The van der Waals surface area contributed by atoms with Gasteiger partial charge in [0.25, 0.3) is 0 Å². The molecule has 0 aliphatic carbocycles. The number of pyridine rings is 1. The Hall–Kier alpha value is -1.74. The van der Waals surface area contributed by atoms with Gasteiger partial charge in [0.15, 0.2) is 0 Å². The van der Waals surface area contributed by atoms with Crippen molar-refractivity contribution in [3.8, 4) is 0 Å². The van der Waals surface area contributed by atoms with Crippen LogP contribution in [0.15, 0.2) is 64.8 Å². The second-order valence-corrected chi connectivity index (χ2v) is 10.4. The Balaban J connectivity index is 2.19. The molecule has 0 bridgehead atoms. The van der Waals surface area contributed by atoms with Gasteiger partial charge < -0.3 is 5.32 Å². The smallest absolute Gasteiger partial charge is 0.126 e. The maximum atomic E-state index is 4.52.